The summed E-state index contributed by atoms with van der Waals surface area (Å²) in [5, 5.41) is 0. The van der Waals surface area contributed by atoms with Crippen molar-refractivity contribution in [2.24, 2.45) is 34.5 Å². The molecule has 0 radical (unpaired) electrons. The van der Waals surface area contributed by atoms with Crippen molar-refractivity contribution >= 4 is 11.8 Å². The SMILES string of the molecule is CC(=O)O[C@@H]1CC[C@@]2(C)C(=CC[C@H]3[C@@H]4C[C@@H](N5CC5)[C@H](C(C)=O)[C@@]4(C)CC[C@@H]32)C1. The zero-order valence-electron chi connectivity index (χ0n) is 18.6. The molecule has 5 rings (SSSR count). The molecule has 0 N–H and O–H groups in total. The van der Waals surface area contributed by atoms with Crippen LogP contribution in [0.2, 0.25) is 0 Å². The van der Waals surface area contributed by atoms with Crippen LogP contribution in [0.25, 0.3) is 0 Å². The molecule has 8 atom stereocenters. The molecule has 0 spiro atoms. The third kappa shape index (κ3) is 2.96. The van der Waals surface area contributed by atoms with Crippen molar-refractivity contribution in [3.05, 3.63) is 11.6 Å². The fourth-order valence-electron chi connectivity index (χ4n) is 8.46. The number of carbonyl (C=O) groups excluding carboxylic acids is 2. The number of carbonyl (C=O) groups is 2. The van der Waals surface area contributed by atoms with Crippen LogP contribution >= 0.6 is 0 Å². The molecule has 1 aliphatic heterocycles. The number of rotatable bonds is 3. The molecule has 0 aromatic carbocycles. The number of allylic oxidation sites excluding steroid dienone is 1. The summed E-state index contributed by atoms with van der Waals surface area (Å²) in [5.41, 5.74) is 1.98. The van der Waals surface area contributed by atoms with E-state index in [1.807, 2.05) is 6.92 Å². The Bertz CT molecular complexity index is 755. The van der Waals surface area contributed by atoms with E-state index < -0.39 is 0 Å². The maximum absolute atomic E-state index is 12.7. The van der Waals surface area contributed by atoms with Gasteiger partial charge in [0, 0.05) is 38.4 Å². The predicted molar refractivity (Wildman–Crippen MR) is 112 cm³/mol. The number of hydrogen-bond donors (Lipinski definition) is 0. The zero-order chi connectivity index (χ0) is 20.6. The lowest BCUT2D eigenvalue weighted by Crippen LogP contribution is -2.51. The summed E-state index contributed by atoms with van der Waals surface area (Å²) >= 11 is 0. The minimum atomic E-state index is -0.149. The van der Waals surface area contributed by atoms with Gasteiger partial charge < -0.3 is 4.74 Å². The molecule has 0 bridgehead atoms. The smallest absolute Gasteiger partial charge is 0.302 e. The standard InChI is InChI=1S/C25H37NO3/c1-15(27)23-22(26-11-12-26)14-21-19-6-5-17-13-18(29-16(2)28)7-9-24(17,3)20(19)8-10-25(21,23)4/h5,18-23H,6-14H2,1-4H3/t18-,19-,20+,21+,22-,23+,24+,25+/m1/s1. The largest absolute Gasteiger partial charge is 0.462 e. The molecule has 4 nitrogen and oxygen atoms in total. The van der Waals surface area contributed by atoms with Crippen molar-refractivity contribution in [3.8, 4) is 0 Å². The molecule has 0 aromatic heterocycles. The van der Waals surface area contributed by atoms with Gasteiger partial charge in [-0.3, -0.25) is 14.5 Å². The first-order chi connectivity index (χ1) is 13.7. The second kappa shape index (κ2) is 6.67. The Balaban J connectivity index is 1.43. The van der Waals surface area contributed by atoms with Crippen LogP contribution in [0.4, 0.5) is 0 Å². The highest BCUT2D eigenvalue weighted by Gasteiger charge is 2.63. The van der Waals surface area contributed by atoms with E-state index in [2.05, 4.69) is 24.8 Å². The van der Waals surface area contributed by atoms with Crippen LogP contribution in [0, 0.1) is 34.5 Å². The lowest BCUT2D eigenvalue weighted by molar-refractivity contribution is -0.149. The Hall–Kier alpha value is -1.16. The van der Waals surface area contributed by atoms with Crippen LogP contribution in [-0.2, 0) is 14.3 Å². The van der Waals surface area contributed by atoms with Crippen molar-refractivity contribution in [1.82, 2.24) is 4.90 Å². The molecule has 4 fully saturated rings. The third-order valence-corrected chi connectivity index (χ3v) is 9.81. The average molecular weight is 400 g/mol. The first-order valence-corrected chi connectivity index (χ1v) is 11.9. The normalized spacial score (nSPS) is 48.8. The molecular formula is C25H37NO3. The predicted octanol–water partition coefficient (Wildman–Crippen LogP) is 4.38. The van der Waals surface area contributed by atoms with Crippen molar-refractivity contribution in [1.29, 1.82) is 0 Å². The fourth-order valence-corrected chi connectivity index (χ4v) is 8.46. The molecule has 5 aliphatic rings. The fraction of sp³-hybridized carbons (Fsp3) is 0.840. The van der Waals surface area contributed by atoms with E-state index in [-0.39, 0.29) is 28.8 Å². The maximum Gasteiger partial charge on any atom is 0.302 e. The van der Waals surface area contributed by atoms with E-state index in [0.29, 0.717) is 23.7 Å². The Morgan fingerprint density at radius 3 is 2.52 bits per heavy atom. The van der Waals surface area contributed by atoms with Gasteiger partial charge in [0.15, 0.2) is 0 Å². The van der Waals surface area contributed by atoms with E-state index in [0.717, 1.165) is 31.6 Å². The van der Waals surface area contributed by atoms with Crippen LogP contribution in [0.5, 0.6) is 0 Å². The zero-order valence-corrected chi connectivity index (χ0v) is 18.6. The topological polar surface area (TPSA) is 46.4 Å². The van der Waals surface area contributed by atoms with Gasteiger partial charge in [0.2, 0.25) is 0 Å². The quantitative estimate of drug-likeness (QED) is 0.401. The van der Waals surface area contributed by atoms with Gasteiger partial charge in [-0.05, 0) is 74.0 Å². The number of fused-ring (bicyclic) bond motifs is 5. The van der Waals surface area contributed by atoms with Crippen molar-refractivity contribution in [2.75, 3.05) is 13.1 Å². The van der Waals surface area contributed by atoms with E-state index in [1.165, 1.54) is 39.3 Å². The minimum Gasteiger partial charge on any atom is -0.462 e. The van der Waals surface area contributed by atoms with E-state index in [9.17, 15) is 9.59 Å². The molecule has 4 heteroatoms. The Morgan fingerprint density at radius 1 is 1.10 bits per heavy atom. The molecule has 0 amide bonds. The van der Waals surface area contributed by atoms with E-state index in [4.69, 9.17) is 4.74 Å². The third-order valence-electron chi connectivity index (χ3n) is 9.81. The van der Waals surface area contributed by atoms with Gasteiger partial charge in [0.1, 0.15) is 11.9 Å². The second-order valence-electron chi connectivity index (χ2n) is 11.2. The van der Waals surface area contributed by atoms with Crippen molar-refractivity contribution < 1.29 is 14.3 Å². The van der Waals surface area contributed by atoms with Crippen molar-refractivity contribution in [2.45, 2.75) is 84.8 Å². The van der Waals surface area contributed by atoms with Crippen LogP contribution < -0.4 is 0 Å². The summed E-state index contributed by atoms with van der Waals surface area (Å²) in [7, 11) is 0. The van der Waals surface area contributed by atoms with Crippen LogP contribution in [0.3, 0.4) is 0 Å². The monoisotopic (exact) mass is 399 g/mol. The molecule has 0 unspecified atom stereocenters. The Morgan fingerprint density at radius 2 is 1.86 bits per heavy atom. The van der Waals surface area contributed by atoms with Gasteiger partial charge in [0.05, 0.1) is 0 Å². The van der Waals surface area contributed by atoms with Gasteiger partial charge >= 0.3 is 5.97 Å². The molecule has 4 aliphatic carbocycles. The number of esters is 1. The summed E-state index contributed by atoms with van der Waals surface area (Å²) < 4.78 is 5.57. The highest BCUT2D eigenvalue weighted by Crippen LogP contribution is 2.67. The Kier molecular flexibility index (Phi) is 4.55. The summed E-state index contributed by atoms with van der Waals surface area (Å²) in [5.74, 6) is 2.60. The number of ketones is 1. The molecular weight excluding hydrogens is 362 g/mol. The lowest BCUT2D eigenvalue weighted by Gasteiger charge is -2.58. The Labute approximate surface area is 175 Å². The molecule has 29 heavy (non-hydrogen) atoms. The van der Waals surface area contributed by atoms with Gasteiger partial charge in [-0.2, -0.15) is 0 Å². The van der Waals surface area contributed by atoms with Crippen LogP contribution in [-0.4, -0.2) is 41.9 Å². The van der Waals surface area contributed by atoms with Crippen LogP contribution in [0.1, 0.15) is 72.6 Å². The molecule has 160 valence electrons. The summed E-state index contributed by atoms with van der Waals surface area (Å²) in [4.78, 5) is 26.7. The van der Waals surface area contributed by atoms with E-state index in [1.54, 1.807) is 5.57 Å². The number of Topliss-reactive ketones (excluding diaryl/α,β-unsaturated/α-hetero) is 1. The number of nitrogens with zero attached hydrogens (tertiary/aromatic N) is 1. The summed E-state index contributed by atoms with van der Waals surface area (Å²) in [6.45, 7) is 10.7. The maximum atomic E-state index is 12.7. The van der Waals surface area contributed by atoms with Gasteiger partial charge in [-0.15, -0.1) is 0 Å². The number of ether oxygens (including phenoxy) is 1. The number of hydrogen-bond acceptors (Lipinski definition) is 4. The summed E-state index contributed by atoms with van der Waals surface area (Å²) in [6.07, 6.45) is 10.4. The summed E-state index contributed by atoms with van der Waals surface area (Å²) in [6, 6.07) is 0.485. The second-order valence-corrected chi connectivity index (χ2v) is 11.2. The molecule has 1 heterocycles. The van der Waals surface area contributed by atoms with Crippen LogP contribution in [0.15, 0.2) is 11.6 Å². The first kappa shape index (κ1) is 19.8. The van der Waals surface area contributed by atoms with Crippen molar-refractivity contribution in [3.63, 3.8) is 0 Å². The average Bonchev–Trinajstić information content (AvgIpc) is 3.43. The minimum absolute atomic E-state index is 0.0675. The highest BCUT2D eigenvalue weighted by molar-refractivity contribution is 5.80. The molecule has 0 aromatic rings. The van der Waals surface area contributed by atoms with E-state index >= 15 is 0 Å². The lowest BCUT2D eigenvalue weighted by atomic mass is 9.47. The van der Waals surface area contributed by atoms with Gasteiger partial charge in [-0.1, -0.05) is 25.5 Å². The van der Waals surface area contributed by atoms with Gasteiger partial charge in [0.25, 0.3) is 0 Å². The molecule has 1 saturated heterocycles. The molecule has 3 saturated carbocycles. The highest BCUT2D eigenvalue weighted by atomic mass is 16.5. The van der Waals surface area contributed by atoms with Gasteiger partial charge in [-0.25, -0.2) is 0 Å². The first-order valence-electron chi connectivity index (χ1n) is 11.9.